The van der Waals surface area contributed by atoms with Crippen molar-refractivity contribution in [1.82, 2.24) is 10.2 Å². The third-order valence-corrected chi connectivity index (χ3v) is 11.7. The minimum absolute atomic E-state index is 0.0541. The quantitative estimate of drug-likeness (QED) is 0.218. The van der Waals surface area contributed by atoms with E-state index in [1.807, 2.05) is 11.8 Å². The zero-order valence-corrected chi connectivity index (χ0v) is 24.9. The molecule has 2 amide bonds. The van der Waals surface area contributed by atoms with Crippen molar-refractivity contribution < 1.29 is 9.59 Å². The molecule has 0 aliphatic rings. The number of hydrogen-bond acceptors (Lipinski definition) is 2. The van der Waals surface area contributed by atoms with Crippen LogP contribution in [0, 0.1) is 0 Å². The van der Waals surface area contributed by atoms with Gasteiger partial charge in [0.1, 0.15) is 0 Å². The molecule has 6 heteroatoms. The Morgan fingerprint density at radius 2 is 0.925 bits per heavy atom. The van der Waals surface area contributed by atoms with Crippen LogP contribution in [0.1, 0.15) is 19.8 Å². The van der Waals surface area contributed by atoms with Gasteiger partial charge in [-0.05, 0) is 56.3 Å². The van der Waals surface area contributed by atoms with Gasteiger partial charge < -0.3 is 10.2 Å². The number of amides is 2. The van der Waals surface area contributed by atoms with Gasteiger partial charge in [-0.2, -0.15) is 0 Å². The molecule has 206 valence electrons. The molecule has 0 aliphatic carbocycles. The normalized spacial score (nSPS) is 11.0. The average molecular weight is 569 g/mol. The molecule has 40 heavy (non-hydrogen) atoms. The summed E-state index contributed by atoms with van der Waals surface area (Å²) in [5.41, 5.74) is 0. The number of carbonyl (C=O) groups excluding carboxylic acids is 2. The fourth-order valence-electron chi connectivity index (χ4n) is 4.71. The van der Waals surface area contributed by atoms with Gasteiger partial charge in [0.05, 0.1) is 0 Å². The van der Waals surface area contributed by atoms with Gasteiger partial charge >= 0.3 is 0 Å². The lowest BCUT2D eigenvalue weighted by Gasteiger charge is -2.28. The first-order valence-corrected chi connectivity index (χ1v) is 17.0. The van der Waals surface area contributed by atoms with Crippen LogP contribution in [0.2, 0.25) is 0 Å². The Hall–Kier alpha value is -3.32. The van der Waals surface area contributed by atoms with Crippen LogP contribution in [0.4, 0.5) is 0 Å². The maximum absolute atomic E-state index is 13.6. The van der Waals surface area contributed by atoms with E-state index in [-0.39, 0.29) is 24.7 Å². The summed E-state index contributed by atoms with van der Waals surface area (Å²) in [4.78, 5) is 27.8. The van der Waals surface area contributed by atoms with Crippen molar-refractivity contribution in [2.75, 3.05) is 32.0 Å². The lowest BCUT2D eigenvalue weighted by molar-refractivity contribution is -0.133. The van der Waals surface area contributed by atoms with Crippen molar-refractivity contribution in [2.24, 2.45) is 0 Å². The second kappa shape index (κ2) is 16.1. The summed E-state index contributed by atoms with van der Waals surface area (Å²) in [6.07, 6.45) is 2.21. The summed E-state index contributed by atoms with van der Waals surface area (Å²) in [6, 6.07) is 42.5. The van der Waals surface area contributed by atoms with Gasteiger partial charge in [-0.25, -0.2) is 0 Å². The lowest BCUT2D eigenvalue weighted by Crippen LogP contribution is -2.38. The highest BCUT2D eigenvalue weighted by molar-refractivity contribution is 7.73. The minimum atomic E-state index is -0.617. The molecule has 0 aromatic heterocycles. The third kappa shape index (κ3) is 8.85. The van der Waals surface area contributed by atoms with Crippen LogP contribution in [0.15, 0.2) is 121 Å². The van der Waals surface area contributed by atoms with E-state index in [0.29, 0.717) is 19.6 Å². The van der Waals surface area contributed by atoms with E-state index in [1.54, 1.807) is 0 Å². The lowest BCUT2D eigenvalue weighted by atomic mass is 10.2. The van der Waals surface area contributed by atoms with Crippen LogP contribution in [0.5, 0.6) is 0 Å². The Morgan fingerprint density at radius 3 is 1.25 bits per heavy atom. The number of carbonyl (C=O) groups is 2. The van der Waals surface area contributed by atoms with Crippen LogP contribution in [0.3, 0.4) is 0 Å². The van der Waals surface area contributed by atoms with Crippen molar-refractivity contribution in [3.8, 4) is 0 Å². The summed E-state index contributed by atoms with van der Waals surface area (Å²) >= 11 is 0. The van der Waals surface area contributed by atoms with Gasteiger partial charge in [-0.15, -0.1) is 0 Å². The minimum Gasteiger partial charge on any atom is -0.356 e. The number of nitrogens with zero attached hydrogens (tertiary/aromatic N) is 1. The van der Waals surface area contributed by atoms with Gasteiger partial charge in [0, 0.05) is 32.5 Å². The molecule has 0 heterocycles. The molecule has 4 nitrogen and oxygen atoms in total. The number of benzene rings is 4. The molecule has 1 N–H and O–H groups in total. The van der Waals surface area contributed by atoms with E-state index in [0.717, 1.165) is 12.3 Å². The van der Waals surface area contributed by atoms with Crippen molar-refractivity contribution in [1.29, 1.82) is 0 Å². The fourth-order valence-corrected chi connectivity index (χ4v) is 9.35. The standard InChI is InChI=1S/C34H38N2O2P2/c1-2-35-33(37)23-24-34(38)36(25-27-39(29-15-7-3-8-16-29)30-17-9-4-10-18-30)26-28-40(31-19-11-5-12-20-31)32-21-13-6-14-22-32/h3-22H,2,23-28H2,1H3,(H,35,37). The molecular weight excluding hydrogens is 530 g/mol. The Morgan fingerprint density at radius 1 is 0.575 bits per heavy atom. The zero-order valence-electron chi connectivity index (χ0n) is 23.2. The highest BCUT2D eigenvalue weighted by atomic mass is 31.1. The second-order valence-corrected chi connectivity index (χ2v) is 14.2. The van der Waals surface area contributed by atoms with Crippen molar-refractivity contribution >= 4 is 48.9 Å². The summed E-state index contributed by atoms with van der Waals surface area (Å²) in [5.74, 6) is -0.0131. The monoisotopic (exact) mass is 568 g/mol. The fraction of sp³-hybridized carbons (Fsp3) is 0.235. The van der Waals surface area contributed by atoms with Crippen molar-refractivity contribution in [2.45, 2.75) is 19.8 Å². The molecule has 4 rings (SSSR count). The topological polar surface area (TPSA) is 49.4 Å². The molecule has 0 saturated carbocycles. The van der Waals surface area contributed by atoms with Gasteiger partial charge in [-0.1, -0.05) is 121 Å². The molecule has 0 saturated heterocycles. The van der Waals surface area contributed by atoms with Crippen LogP contribution in [-0.2, 0) is 9.59 Å². The van der Waals surface area contributed by atoms with Crippen LogP contribution < -0.4 is 26.5 Å². The van der Waals surface area contributed by atoms with Crippen LogP contribution in [0.25, 0.3) is 0 Å². The van der Waals surface area contributed by atoms with E-state index >= 15 is 0 Å². The smallest absolute Gasteiger partial charge is 0.223 e. The predicted octanol–water partition coefficient (Wildman–Crippen LogP) is 5.00. The Kier molecular flexibility index (Phi) is 11.9. The van der Waals surface area contributed by atoms with E-state index in [9.17, 15) is 9.59 Å². The van der Waals surface area contributed by atoms with Crippen molar-refractivity contribution in [3.05, 3.63) is 121 Å². The maximum atomic E-state index is 13.6. The SMILES string of the molecule is CCNC(=O)CCC(=O)N(CCP(c1ccccc1)c1ccccc1)CCP(c1ccccc1)c1ccccc1. The van der Waals surface area contributed by atoms with Gasteiger partial charge in [0.2, 0.25) is 11.8 Å². The molecule has 0 radical (unpaired) electrons. The van der Waals surface area contributed by atoms with E-state index in [4.69, 9.17) is 0 Å². The molecule has 0 unspecified atom stereocenters. The first-order valence-electron chi connectivity index (χ1n) is 14.0. The van der Waals surface area contributed by atoms with Gasteiger partial charge in [-0.3, -0.25) is 9.59 Å². The molecule has 0 atom stereocenters. The molecule has 4 aromatic carbocycles. The summed E-state index contributed by atoms with van der Waals surface area (Å²) < 4.78 is 0. The molecule has 0 spiro atoms. The summed E-state index contributed by atoms with van der Waals surface area (Å²) in [5, 5.41) is 8.08. The highest BCUT2D eigenvalue weighted by Crippen LogP contribution is 2.35. The third-order valence-electron chi connectivity index (χ3n) is 6.75. The van der Waals surface area contributed by atoms with Crippen LogP contribution in [-0.4, -0.2) is 48.7 Å². The van der Waals surface area contributed by atoms with Crippen LogP contribution >= 0.6 is 15.8 Å². The average Bonchev–Trinajstić information content (AvgIpc) is 3.01. The second-order valence-electron chi connectivity index (χ2n) is 9.48. The van der Waals surface area contributed by atoms with E-state index < -0.39 is 15.8 Å². The molecule has 0 fully saturated rings. The Balaban J connectivity index is 1.55. The molecule has 0 aliphatic heterocycles. The number of hydrogen-bond donors (Lipinski definition) is 1. The van der Waals surface area contributed by atoms with Crippen molar-refractivity contribution in [3.63, 3.8) is 0 Å². The molecule has 4 aromatic rings. The van der Waals surface area contributed by atoms with Gasteiger partial charge in [0.15, 0.2) is 0 Å². The Labute approximate surface area is 241 Å². The van der Waals surface area contributed by atoms with E-state index in [2.05, 4.69) is 127 Å². The molecule has 0 bridgehead atoms. The first-order chi connectivity index (χ1) is 19.7. The Bertz CT molecular complexity index is 1140. The first kappa shape index (κ1) is 29.7. The highest BCUT2D eigenvalue weighted by Gasteiger charge is 2.22. The summed E-state index contributed by atoms with van der Waals surface area (Å²) in [7, 11) is -1.23. The number of rotatable bonds is 14. The van der Waals surface area contributed by atoms with E-state index in [1.165, 1.54) is 21.2 Å². The number of nitrogens with one attached hydrogen (secondary N) is 1. The predicted molar refractivity (Wildman–Crippen MR) is 172 cm³/mol. The summed E-state index contributed by atoms with van der Waals surface area (Å²) in [6.45, 7) is 3.80. The molecular formula is C34H38N2O2P2. The zero-order chi connectivity index (χ0) is 28.0. The maximum Gasteiger partial charge on any atom is 0.223 e. The van der Waals surface area contributed by atoms with Gasteiger partial charge in [0.25, 0.3) is 0 Å². The largest absolute Gasteiger partial charge is 0.356 e.